The highest BCUT2D eigenvalue weighted by Crippen LogP contribution is 2.22. The summed E-state index contributed by atoms with van der Waals surface area (Å²) < 4.78 is 5.37. The number of likely N-dealkylation sites (tertiary alicyclic amines) is 1. The molecule has 0 spiro atoms. The van der Waals surface area contributed by atoms with E-state index in [0.29, 0.717) is 0 Å². The minimum Gasteiger partial charge on any atom is -0.480 e. The number of rotatable bonds is 6. The van der Waals surface area contributed by atoms with Gasteiger partial charge in [-0.1, -0.05) is 19.3 Å². The summed E-state index contributed by atoms with van der Waals surface area (Å²) in [5.41, 5.74) is 0. The van der Waals surface area contributed by atoms with Crippen LogP contribution < -0.4 is 0 Å². The summed E-state index contributed by atoms with van der Waals surface area (Å²) >= 11 is 0. The lowest BCUT2D eigenvalue weighted by Gasteiger charge is -2.33. The molecular formula is C15H27NO3. The maximum absolute atomic E-state index is 11.2. The summed E-state index contributed by atoms with van der Waals surface area (Å²) in [6.07, 6.45) is 9.13. The van der Waals surface area contributed by atoms with Gasteiger partial charge in [0.05, 0.1) is 0 Å². The summed E-state index contributed by atoms with van der Waals surface area (Å²) in [6.45, 7) is 3.78. The smallest absolute Gasteiger partial charge is 0.320 e. The Morgan fingerprint density at radius 3 is 2.68 bits per heavy atom. The van der Waals surface area contributed by atoms with Crippen LogP contribution in [0, 0.1) is 5.92 Å². The second-order valence-electron chi connectivity index (χ2n) is 5.94. The van der Waals surface area contributed by atoms with Gasteiger partial charge in [0, 0.05) is 13.2 Å². The molecule has 2 aliphatic heterocycles. The Labute approximate surface area is 116 Å². The molecule has 1 atom stereocenters. The normalized spacial score (nSPS) is 26.4. The molecule has 2 fully saturated rings. The highest BCUT2D eigenvalue weighted by atomic mass is 16.5. The first-order valence-electron chi connectivity index (χ1n) is 7.82. The fraction of sp³-hybridized carbons (Fsp3) is 0.933. The van der Waals surface area contributed by atoms with Gasteiger partial charge in [0.1, 0.15) is 6.04 Å². The molecule has 1 unspecified atom stereocenters. The molecular weight excluding hydrogens is 242 g/mol. The van der Waals surface area contributed by atoms with Crippen LogP contribution in [0.15, 0.2) is 0 Å². The summed E-state index contributed by atoms with van der Waals surface area (Å²) in [7, 11) is 0. The molecule has 4 heteroatoms. The van der Waals surface area contributed by atoms with E-state index >= 15 is 0 Å². The molecule has 0 aromatic rings. The van der Waals surface area contributed by atoms with Gasteiger partial charge in [-0.3, -0.25) is 9.69 Å². The lowest BCUT2D eigenvalue weighted by Crippen LogP contribution is -2.44. The molecule has 110 valence electrons. The van der Waals surface area contributed by atoms with Crippen LogP contribution in [0.25, 0.3) is 0 Å². The fourth-order valence-electron chi connectivity index (χ4n) is 3.32. The molecule has 0 bridgehead atoms. The highest BCUT2D eigenvalue weighted by Gasteiger charge is 2.27. The van der Waals surface area contributed by atoms with Crippen molar-refractivity contribution < 1.29 is 14.6 Å². The first-order chi connectivity index (χ1) is 9.27. The molecule has 0 aromatic heterocycles. The minimum absolute atomic E-state index is 0.225. The van der Waals surface area contributed by atoms with E-state index in [0.717, 1.165) is 57.9 Å². The highest BCUT2D eigenvalue weighted by molar-refractivity contribution is 5.73. The first-order valence-corrected chi connectivity index (χ1v) is 7.82. The molecule has 1 N–H and O–H groups in total. The Hall–Kier alpha value is -0.610. The molecule has 0 aromatic carbocycles. The molecule has 0 aliphatic carbocycles. The van der Waals surface area contributed by atoms with E-state index in [1.807, 2.05) is 0 Å². The molecule has 19 heavy (non-hydrogen) atoms. The average Bonchev–Trinajstić information content (AvgIpc) is 2.45. The molecule has 2 aliphatic rings. The van der Waals surface area contributed by atoms with Crippen molar-refractivity contribution >= 4 is 5.97 Å². The van der Waals surface area contributed by atoms with E-state index in [1.54, 1.807) is 0 Å². The molecule has 0 saturated carbocycles. The zero-order valence-corrected chi connectivity index (χ0v) is 11.9. The van der Waals surface area contributed by atoms with Crippen molar-refractivity contribution in [1.82, 2.24) is 4.90 Å². The van der Waals surface area contributed by atoms with Crippen LogP contribution in [-0.4, -0.2) is 48.3 Å². The predicted octanol–water partition coefficient (Wildman–Crippen LogP) is 2.52. The Balaban J connectivity index is 1.62. The van der Waals surface area contributed by atoms with Gasteiger partial charge in [-0.05, 0) is 51.1 Å². The van der Waals surface area contributed by atoms with Gasteiger partial charge in [0.25, 0.3) is 0 Å². The minimum atomic E-state index is -0.635. The van der Waals surface area contributed by atoms with Gasteiger partial charge < -0.3 is 9.84 Å². The number of ether oxygens (including phenoxy) is 1. The van der Waals surface area contributed by atoms with Gasteiger partial charge in [-0.15, -0.1) is 0 Å². The lowest BCUT2D eigenvalue weighted by molar-refractivity contribution is -0.144. The molecule has 0 amide bonds. The van der Waals surface area contributed by atoms with Crippen LogP contribution in [0.1, 0.15) is 51.4 Å². The van der Waals surface area contributed by atoms with E-state index < -0.39 is 5.97 Å². The average molecular weight is 269 g/mol. The van der Waals surface area contributed by atoms with Gasteiger partial charge >= 0.3 is 5.97 Å². The van der Waals surface area contributed by atoms with Crippen molar-refractivity contribution in [3.63, 3.8) is 0 Å². The predicted molar refractivity (Wildman–Crippen MR) is 74.2 cm³/mol. The van der Waals surface area contributed by atoms with Gasteiger partial charge in [0.2, 0.25) is 0 Å². The summed E-state index contributed by atoms with van der Waals surface area (Å²) in [5, 5.41) is 9.21. The van der Waals surface area contributed by atoms with Crippen LogP contribution in [0.4, 0.5) is 0 Å². The molecule has 4 nitrogen and oxygen atoms in total. The Morgan fingerprint density at radius 1 is 1.16 bits per heavy atom. The van der Waals surface area contributed by atoms with Crippen LogP contribution in [0.2, 0.25) is 0 Å². The number of carboxylic acid groups (broad SMARTS) is 1. The topological polar surface area (TPSA) is 49.8 Å². The molecule has 0 radical (unpaired) electrons. The number of nitrogens with zero attached hydrogens (tertiary/aromatic N) is 1. The first kappa shape index (κ1) is 14.8. The number of aliphatic carboxylic acids is 1. The number of hydrogen-bond donors (Lipinski definition) is 1. The van der Waals surface area contributed by atoms with E-state index in [2.05, 4.69) is 4.90 Å². The number of piperidine rings is 1. The maximum atomic E-state index is 11.2. The van der Waals surface area contributed by atoms with E-state index in [4.69, 9.17) is 4.74 Å². The van der Waals surface area contributed by atoms with Gasteiger partial charge in [-0.2, -0.15) is 0 Å². The van der Waals surface area contributed by atoms with Gasteiger partial charge in [-0.25, -0.2) is 0 Å². The molecule has 2 rings (SSSR count). The second kappa shape index (κ2) is 7.85. The third-order valence-electron chi connectivity index (χ3n) is 4.55. The van der Waals surface area contributed by atoms with Crippen molar-refractivity contribution in [2.24, 2.45) is 5.92 Å². The number of hydrogen-bond acceptors (Lipinski definition) is 3. The third kappa shape index (κ3) is 4.77. The second-order valence-corrected chi connectivity index (χ2v) is 5.94. The Bertz CT molecular complexity index is 277. The molecule has 2 saturated heterocycles. The van der Waals surface area contributed by atoms with Crippen LogP contribution in [0.3, 0.4) is 0 Å². The van der Waals surface area contributed by atoms with Crippen molar-refractivity contribution in [3.8, 4) is 0 Å². The van der Waals surface area contributed by atoms with E-state index in [-0.39, 0.29) is 6.04 Å². The quantitative estimate of drug-likeness (QED) is 0.753. The standard InChI is InChI=1S/C15H27NO3/c17-15(18)14-6-2-4-10-16(14)9-3-1-5-13-7-11-19-12-8-13/h13-14H,1-12H2,(H,17,18). The van der Waals surface area contributed by atoms with Crippen molar-refractivity contribution in [2.75, 3.05) is 26.3 Å². The lowest BCUT2D eigenvalue weighted by atomic mass is 9.94. The van der Waals surface area contributed by atoms with Crippen molar-refractivity contribution in [2.45, 2.75) is 57.4 Å². The van der Waals surface area contributed by atoms with E-state index in [9.17, 15) is 9.90 Å². The zero-order valence-electron chi connectivity index (χ0n) is 11.9. The van der Waals surface area contributed by atoms with Crippen LogP contribution in [-0.2, 0) is 9.53 Å². The Kier molecular flexibility index (Phi) is 6.11. The summed E-state index contributed by atoms with van der Waals surface area (Å²) in [6, 6.07) is -0.225. The number of unbranched alkanes of at least 4 members (excludes halogenated alkanes) is 1. The summed E-state index contributed by atoms with van der Waals surface area (Å²) in [5.74, 6) is 0.203. The van der Waals surface area contributed by atoms with Crippen LogP contribution in [0.5, 0.6) is 0 Å². The summed E-state index contributed by atoms with van der Waals surface area (Å²) in [4.78, 5) is 13.4. The van der Waals surface area contributed by atoms with E-state index in [1.165, 1.54) is 25.7 Å². The fourth-order valence-corrected chi connectivity index (χ4v) is 3.32. The number of carboxylic acids is 1. The van der Waals surface area contributed by atoms with Crippen molar-refractivity contribution in [3.05, 3.63) is 0 Å². The SMILES string of the molecule is O=C(O)C1CCCCN1CCCCC1CCOCC1. The maximum Gasteiger partial charge on any atom is 0.320 e. The monoisotopic (exact) mass is 269 g/mol. The third-order valence-corrected chi connectivity index (χ3v) is 4.55. The number of carbonyl (C=O) groups is 1. The molecule has 2 heterocycles. The van der Waals surface area contributed by atoms with Gasteiger partial charge in [0.15, 0.2) is 0 Å². The largest absolute Gasteiger partial charge is 0.480 e. The zero-order chi connectivity index (χ0) is 13.5. The van der Waals surface area contributed by atoms with Crippen LogP contribution >= 0.6 is 0 Å². The van der Waals surface area contributed by atoms with Crippen molar-refractivity contribution in [1.29, 1.82) is 0 Å². The Morgan fingerprint density at radius 2 is 1.95 bits per heavy atom.